The number of nitrogens with zero attached hydrogens (tertiary/aromatic N) is 2. The summed E-state index contributed by atoms with van der Waals surface area (Å²) >= 11 is 0. The van der Waals surface area contributed by atoms with Gasteiger partial charge in [-0.2, -0.15) is 0 Å². The molecule has 10 atom stereocenters. The number of hydrogen-bond donors (Lipinski definition) is 1. The molecule has 0 saturated heterocycles. The molecule has 0 radical (unpaired) electrons. The van der Waals surface area contributed by atoms with Crippen LogP contribution in [0, 0.1) is 44.8 Å². The number of carbonyl (C=O) groups excluding carboxylic acids is 1. The van der Waals surface area contributed by atoms with E-state index in [1.165, 1.54) is 38.5 Å². The average molecular weight is 517 g/mol. The largest absolute Gasteiger partial charge is 0.444 e. The smallest absolute Gasteiger partial charge is 0.410 e. The van der Waals surface area contributed by atoms with Crippen LogP contribution in [0.25, 0.3) is 0 Å². The lowest BCUT2D eigenvalue weighted by atomic mass is 9.41. The summed E-state index contributed by atoms with van der Waals surface area (Å²) in [5.74, 6) is 1.70. The van der Waals surface area contributed by atoms with E-state index in [0.29, 0.717) is 34.6 Å². The van der Waals surface area contributed by atoms with Crippen molar-refractivity contribution in [2.45, 2.75) is 131 Å². The third-order valence-electron chi connectivity index (χ3n) is 13.6. The topological polar surface area (TPSA) is 53.0 Å². The molecular formula is C32H56N2O3. The summed E-state index contributed by atoms with van der Waals surface area (Å²) in [4.78, 5) is 17.3. The van der Waals surface area contributed by atoms with E-state index in [4.69, 9.17) is 4.74 Å². The molecule has 5 rings (SSSR count). The molecule has 0 heterocycles. The van der Waals surface area contributed by atoms with Gasteiger partial charge in [-0.3, -0.25) is 0 Å². The van der Waals surface area contributed by atoms with E-state index >= 15 is 0 Å². The molecule has 1 N–H and O–H groups in total. The van der Waals surface area contributed by atoms with Crippen molar-refractivity contribution in [1.82, 2.24) is 9.80 Å². The lowest BCUT2D eigenvalue weighted by Gasteiger charge is -2.64. The van der Waals surface area contributed by atoms with Gasteiger partial charge in [-0.05, 0) is 132 Å². The molecule has 0 aromatic carbocycles. The van der Waals surface area contributed by atoms with Crippen molar-refractivity contribution in [3.63, 3.8) is 0 Å². The summed E-state index contributed by atoms with van der Waals surface area (Å²) in [6.45, 7) is 18.2. The molecule has 0 aromatic heterocycles. The van der Waals surface area contributed by atoms with Crippen LogP contribution in [0.5, 0.6) is 0 Å². The summed E-state index contributed by atoms with van der Waals surface area (Å²) in [5.41, 5.74) is 0.839. The predicted octanol–water partition coefficient (Wildman–Crippen LogP) is 6.58. The third kappa shape index (κ3) is 3.50. The number of fused-ring (bicyclic) bond motifs is 2. The first kappa shape index (κ1) is 27.7. The van der Waals surface area contributed by atoms with Crippen LogP contribution in [0.15, 0.2) is 0 Å². The predicted molar refractivity (Wildman–Crippen MR) is 149 cm³/mol. The van der Waals surface area contributed by atoms with Gasteiger partial charge in [0.25, 0.3) is 0 Å². The SMILES string of the molecule is C[C@@H](C1[C@H](O)C[C@@]2(C)[C@@H]3CC[C@H]4C(C)(C)[C@@H](N(C)C(=O)OC(C)(C)C)CC[C@@]45C[C@@]35CC[C@]12C)N(C)C. The van der Waals surface area contributed by atoms with Gasteiger partial charge in [0.05, 0.1) is 6.10 Å². The summed E-state index contributed by atoms with van der Waals surface area (Å²) in [6.07, 6.45) is 9.38. The van der Waals surface area contributed by atoms with Gasteiger partial charge in [0.2, 0.25) is 0 Å². The van der Waals surface area contributed by atoms with Crippen molar-refractivity contribution in [3.05, 3.63) is 0 Å². The Kier molecular flexibility index (Phi) is 6.09. The highest BCUT2D eigenvalue weighted by Crippen LogP contribution is 2.89. The van der Waals surface area contributed by atoms with Gasteiger partial charge in [-0.25, -0.2) is 4.79 Å². The summed E-state index contributed by atoms with van der Waals surface area (Å²) < 4.78 is 5.79. The number of carbonyl (C=O) groups is 1. The van der Waals surface area contributed by atoms with Crippen LogP contribution in [0.1, 0.15) is 107 Å². The first-order valence-corrected chi connectivity index (χ1v) is 15.2. The third-order valence-corrected chi connectivity index (χ3v) is 13.6. The number of aliphatic hydroxyl groups excluding tert-OH is 1. The average Bonchev–Trinajstić information content (AvgIpc) is 3.36. The minimum Gasteiger partial charge on any atom is -0.444 e. The molecule has 1 amide bonds. The quantitative estimate of drug-likeness (QED) is 0.460. The second-order valence-corrected chi connectivity index (χ2v) is 16.5. The van der Waals surface area contributed by atoms with E-state index in [2.05, 4.69) is 53.6 Å². The summed E-state index contributed by atoms with van der Waals surface area (Å²) in [6, 6.07) is 0.605. The molecule has 37 heavy (non-hydrogen) atoms. The maximum atomic E-state index is 13.1. The van der Waals surface area contributed by atoms with Crippen molar-refractivity contribution in [3.8, 4) is 0 Å². The maximum Gasteiger partial charge on any atom is 0.410 e. The number of aliphatic hydroxyl groups is 1. The van der Waals surface area contributed by atoms with Gasteiger partial charge in [0.15, 0.2) is 0 Å². The van der Waals surface area contributed by atoms with Crippen molar-refractivity contribution >= 4 is 6.09 Å². The highest BCUT2D eigenvalue weighted by molar-refractivity contribution is 5.68. The molecule has 5 aliphatic carbocycles. The molecule has 5 saturated carbocycles. The first-order chi connectivity index (χ1) is 16.9. The highest BCUT2D eigenvalue weighted by atomic mass is 16.6. The van der Waals surface area contributed by atoms with Crippen molar-refractivity contribution in [2.24, 2.45) is 44.8 Å². The van der Waals surface area contributed by atoms with Gasteiger partial charge in [-0.1, -0.05) is 27.7 Å². The molecule has 0 aromatic rings. The molecule has 1 unspecified atom stereocenters. The molecule has 212 valence electrons. The molecule has 5 aliphatic rings. The molecule has 5 nitrogen and oxygen atoms in total. The van der Waals surface area contributed by atoms with Gasteiger partial charge in [0.1, 0.15) is 5.60 Å². The standard InChI is InChI=1S/C32H56N2O3/c1-20(33(9)10)25-21(35)18-30(8)23-13-12-22-28(5,6)24(34(11)26(36)37-27(2,3)4)14-15-31(22)19-32(23,31)17-16-29(25,30)7/h20-25,35H,12-19H2,1-11H3/t20-,21+,22-,23-,24-,25?,29+,30-,31+,32-/m0/s1. The minimum absolute atomic E-state index is 0.0667. The van der Waals surface area contributed by atoms with Crippen molar-refractivity contribution in [1.29, 1.82) is 0 Å². The maximum absolute atomic E-state index is 13.1. The molecule has 5 heteroatoms. The van der Waals surface area contributed by atoms with Gasteiger partial charge < -0.3 is 19.6 Å². The second kappa shape index (κ2) is 8.12. The molecule has 5 fully saturated rings. The summed E-state index contributed by atoms with van der Waals surface area (Å²) in [5, 5.41) is 11.5. The van der Waals surface area contributed by atoms with Crippen LogP contribution in [0.2, 0.25) is 0 Å². The summed E-state index contributed by atoms with van der Waals surface area (Å²) in [7, 11) is 6.32. The monoisotopic (exact) mass is 516 g/mol. The Bertz CT molecular complexity index is 941. The van der Waals surface area contributed by atoms with Gasteiger partial charge >= 0.3 is 6.09 Å². The number of hydrogen-bond acceptors (Lipinski definition) is 4. The van der Waals surface area contributed by atoms with E-state index in [9.17, 15) is 9.90 Å². The van der Waals surface area contributed by atoms with E-state index in [-0.39, 0.29) is 34.5 Å². The van der Waals surface area contributed by atoms with Crippen LogP contribution in [0.4, 0.5) is 4.79 Å². The fraction of sp³-hybridized carbons (Fsp3) is 0.969. The van der Waals surface area contributed by atoms with Crippen LogP contribution in [-0.4, -0.2) is 65.9 Å². The Morgan fingerprint density at radius 3 is 2.11 bits per heavy atom. The van der Waals surface area contributed by atoms with Crippen molar-refractivity contribution in [2.75, 3.05) is 21.1 Å². The fourth-order valence-electron chi connectivity index (χ4n) is 11.8. The lowest BCUT2D eigenvalue weighted by Crippen LogP contribution is -2.60. The minimum atomic E-state index is -0.470. The molecule has 0 aliphatic heterocycles. The van der Waals surface area contributed by atoms with E-state index in [0.717, 1.165) is 12.8 Å². The Balaban J connectivity index is 1.42. The van der Waals surface area contributed by atoms with Gasteiger partial charge in [-0.15, -0.1) is 0 Å². The van der Waals surface area contributed by atoms with Gasteiger partial charge in [0, 0.05) is 25.0 Å². The Morgan fingerprint density at radius 2 is 1.51 bits per heavy atom. The van der Waals surface area contributed by atoms with E-state index in [1.807, 2.05) is 32.7 Å². The molecular weight excluding hydrogens is 460 g/mol. The van der Waals surface area contributed by atoms with Crippen molar-refractivity contribution < 1.29 is 14.6 Å². The van der Waals surface area contributed by atoms with Crippen LogP contribution < -0.4 is 0 Å². The van der Waals surface area contributed by atoms with E-state index in [1.54, 1.807) is 0 Å². The lowest BCUT2D eigenvalue weighted by molar-refractivity contribution is -0.152. The van der Waals surface area contributed by atoms with Crippen LogP contribution in [0.3, 0.4) is 0 Å². The normalized spacial score (nSPS) is 48.8. The van der Waals surface area contributed by atoms with Crippen LogP contribution in [-0.2, 0) is 4.74 Å². The zero-order valence-electron chi connectivity index (χ0n) is 25.8. The fourth-order valence-corrected chi connectivity index (χ4v) is 11.8. The number of rotatable bonds is 3. The Morgan fingerprint density at radius 1 is 0.919 bits per heavy atom. The Hall–Kier alpha value is -0.810. The zero-order valence-corrected chi connectivity index (χ0v) is 25.8. The zero-order chi connectivity index (χ0) is 27.6. The molecule has 0 bridgehead atoms. The number of amides is 1. The Labute approximate surface area is 227 Å². The number of ether oxygens (including phenoxy) is 1. The van der Waals surface area contributed by atoms with Crippen LogP contribution >= 0.6 is 0 Å². The molecule has 2 spiro atoms. The highest BCUT2D eigenvalue weighted by Gasteiger charge is 2.83. The first-order valence-electron chi connectivity index (χ1n) is 15.2. The second-order valence-electron chi connectivity index (χ2n) is 16.5. The van der Waals surface area contributed by atoms with E-state index < -0.39 is 5.60 Å².